The van der Waals surface area contributed by atoms with Crippen molar-refractivity contribution in [2.45, 2.75) is 32.4 Å². The van der Waals surface area contributed by atoms with E-state index in [0.717, 1.165) is 29.5 Å². The van der Waals surface area contributed by atoms with Crippen molar-refractivity contribution in [3.05, 3.63) is 59.7 Å². The highest BCUT2D eigenvalue weighted by atomic mass is 19.4. The Morgan fingerprint density at radius 3 is 2.49 bits per heavy atom. The van der Waals surface area contributed by atoms with Crippen LogP contribution in [0.5, 0.6) is 0 Å². The van der Waals surface area contributed by atoms with Gasteiger partial charge >= 0.3 is 12.1 Å². The van der Waals surface area contributed by atoms with E-state index in [-0.39, 0.29) is 40.6 Å². The van der Waals surface area contributed by atoms with Gasteiger partial charge in [-0.15, -0.1) is 0 Å². The van der Waals surface area contributed by atoms with Gasteiger partial charge in [-0.25, -0.2) is 4.79 Å². The first-order chi connectivity index (χ1) is 16.5. The van der Waals surface area contributed by atoms with Crippen molar-refractivity contribution >= 4 is 35.1 Å². The normalized spacial score (nSPS) is 22.1. The molecule has 4 rings (SSSR count). The first kappa shape index (κ1) is 24.4. The van der Waals surface area contributed by atoms with E-state index in [9.17, 15) is 32.3 Å². The molecular formula is C25H23F3N2O5. The number of ether oxygens (including phenoxy) is 1. The fraction of sp³-hybridized carbons (Fsp3) is 0.360. The molecule has 35 heavy (non-hydrogen) atoms. The zero-order valence-electron chi connectivity index (χ0n) is 18.8. The predicted octanol–water partition coefficient (Wildman–Crippen LogP) is 4.43. The summed E-state index contributed by atoms with van der Waals surface area (Å²) in [6.07, 6.45) is -2.39. The summed E-state index contributed by atoms with van der Waals surface area (Å²) >= 11 is 0. The van der Waals surface area contributed by atoms with E-state index in [1.807, 2.05) is 0 Å². The summed E-state index contributed by atoms with van der Waals surface area (Å²) < 4.78 is 43.4. The first-order valence-corrected chi connectivity index (χ1v) is 11.2. The van der Waals surface area contributed by atoms with E-state index in [1.54, 1.807) is 6.07 Å². The van der Waals surface area contributed by atoms with E-state index < -0.39 is 30.2 Å². The highest BCUT2D eigenvalue weighted by molar-refractivity contribution is 6.22. The molecular weight excluding hydrogens is 465 g/mol. The molecule has 2 aromatic rings. The Labute approximate surface area is 199 Å². The van der Waals surface area contributed by atoms with Gasteiger partial charge in [-0.2, -0.15) is 13.2 Å². The molecule has 1 aliphatic carbocycles. The topological polar surface area (TPSA) is 92.8 Å². The molecule has 0 spiro atoms. The minimum Gasteiger partial charge on any atom is -0.452 e. The summed E-state index contributed by atoms with van der Waals surface area (Å²) in [5.74, 6) is -2.62. The highest BCUT2D eigenvalue weighted by Crippen LogP contribution is 2.42. The van der Waals surface area contributed by atoms with Crippen LogP contribution in [-0.2, 0) is 25.3 Å². The Morgan fingerprint density at radius 1 is 1.03 bits per heavy atom. The van der Waals surface area contributed by atoms with Crippen LogP contribution in [0.15, 0.2) is 48.5 Å². The molecule has 2 aliphatic rings. The van der Waals surface area contributed by atoms with Crippen molar-refractivity contribution in [1.29, 1.82) is 0 Å². The molecule has 1 saturated carbocycles. The van der Waals surface area contributed by atoms with Crippen LogP contribution in [0.3, 0.4) is 0 Å². The fourth-order valence-corrected chi connectivity index (χ4v) is 4.60. The number of imide groups is 1. The summed E-state index contributed by atoms with van der Waals surface area (Å²) in [7, 11) is 0. The molecule has 0 bridgehead atoms. The number of anilines is 2. The summed E-state index contributed by atoms with van der Waals surface area (Å²) in [5, 5.41) is 2.25. The van der Waals surface area contributed by atoms with E-state index in [4.69, 9.17) is 4.74 Å². The largest absolute Gasteiger partial charge is 0.452 e. The lowest BCUT2D eigenvalue weighted by molar-refractivity contribution is -0.137. The minimum absolute atomic E-state index is 0.0261. The van der Waals surface area contributed by atoms with E-state index in [0.29, 0.717) is 18.8 Å². The smallest absolute Gasteiger partial charge is 0.416 e. The van der Waals surface area contributed by atoms with Gasteiger partial charge in [-0.05, 0) is 61.6 Å². The Bertz CT molecular complexity index is 1180. The number of esters is 1. The van der Waals surface area contributed by atoms with Crippen LogP contribution in [0.2, 0.25) is 0 Å². The van der Waals surface area contributed by atoms with Gasteiger partial charge < -0.3 is 10.1 Å². The van der Waals surface area contributed by atoms with Gasteiger partial charge in [0.05, 0.1) is 28.7 Å². The van der Waals surface area contributed by atoms with Gasteiger partial charge in [0.15, 0.2) is 6.61 Å². The third-order valence-corrected chi connectivity index (χ3v) is 6.34. The number of halogens is 3. The van der Waals surface area contributed by atoms with Crippen molar-refractivity contribution in [3.8, 4) is 0 Å². The van der Waals surface area contributed by atoms with Crippen LogP contribution in [0.1, 0.15) is 42.1 Å². The number of alkyl halides is 3. The minimum atomic E-state index is -4.56. The second-order valence-electron chi connectivity index (χ2n) is 8.90. The lowest BCUT2D eigenvalue weighted by Gasteiger charge is -2.25. The van der Waals surface area contributed by atoms with Gasteiger partial charge in [0.25, 0.3) is 5.91 Å². The van der Waals surface area contributed by atoms with Crippen LogP contribution in [0, 0.1) is 17.8 Å². The number of hydrogen-bond acceptors (Lipinski definition) is 5. The third-order valence-electron chi connectivity index (χ3n) is 6.34. The predicted molar refractivity (Wildman–Crippen MR) is 119 cm³/mol. The van der Waals surface area contributed by atoms with Gasteiger partial charge in [0, 0.05) is 5.69 Å². The molecule has 3 amide bonds. The molecule has 184 valence electrons. The van der Waals surface area contributed by atoms with E-state index >= 15 is 0 Å². The Balaban J connectivity index is 1.39. The zero-order valence-corrected chi connectivity index (χ0v) is 18.8. The Hall–Kier alpha value is -3.69. The van der Waals surface area contributed by atoms with Crippen LogP contribution >= 0.6 is 0 Å². The quantitative estimate of drug-likeness (QED) is 0.497. The van der Waals surface area contributed by atoms with Crippen molar-refractivity contribution in [2.24, 2.45) is 17.8 Å². The first-order valence-electron chi connectivity index (χ1n) is 11.2. The monoisotopic (exact) mass is 488 g/mol. The number of amides is 3. The molecule has 7 nitrogen and oxygen atoms in total. The number of hydrogen-bond donors (Lipinski definition) is 1. The van der Waals surface area contributed by atoms with Crippen molar-refractivity contribution in [2.75, 3.05) is 16.8 Å². The Morgan fingerprint density at radius 2 is 1.74 bits per heavy atom. The maximum Gasteiger partial charge on any atom is 0.416 e. The molecule has 10 heteroatoms. The maximum absolute atomic E-state index is 12.9. The maximum atomic E-state index is 12.9. The second kappa shape index (κ2) is 9.52. The molecule has 1 heterocycles. The van der Waals surface area contributed by atoms with Crippen LogP contribution < -0.4 is 10.2 Å². The van der Waals surface area contributed by atoms with Crippen molar-refractivity contribution in [3.63, 3.8) is 0 Å². The SMILES string of the molecule is C[C@@H]1CC[C@H]2C(=O)N(c3cccc(C(=O)OCC(=O)Nc4cccc(C(F)(F)F)c4)c3)C(=O)[C@H]2C1. The van der Waals surface area contributed by atoms with Crippen molar-refractivity contribution < 1.29 is 37.1 Å². The number of benzene rings is 2. The van der Waals surface area contributed by atoms with Crippen LogP contribution in [0.25, 0.3) is 0 Å². The fourth-order valence-electron chi connectivity index (χ4n) is 4.60. The lowest BCUT2D eigenvalue weighted by atomic mass is 9.76. The summed E-state index contributed by atoms with van der Waals surface area (Å²) in [6.45, 7) is 1.32. The average molecular weight is 488 g/mol. The Kier molecular flexibility index (Phi) is 6.64. The van der Waals surface area contributed by atoms with Gasteiger partial charge in [0.1, 0.15) is 0 Å². The van der Waals surface area contributed by atoms with Crippen LogP contribution in [0.4, 0.5) is 24.5 Å². The molecule has 2 aromatic carbocycles. The molecule has 2 fully saturated rings. The number of carbonyl (C=O) groups excluding carboxylic acids is 4. The number of fused-ring (bicyclic) bond motifs is 1. The van der Waals surface area contributed by atoms with E-state index in [2.05, 4.69) is 12.2 Å². The molecule has 0 aromatic heterocycles. The molecule has 0 radical (unpaired) electrons. The molecule has 1 aliphatic heterocycles. The number of nitrogens with zero attached hydrogens (tertiary/aromatic N) is 1. The molecule has 0 unspecified atom stereocenters. The number of rotatable bonds is 5. The van der Waals surface area contributed by atoms with E-state index in [1.165, 1.54) is 24.3 Å². The standard InChI is InChI=1S/C25H23F3N2O5/c1-14-8-9-19-20(10-14)23(33)30(22(19)32)18-7-2-4-15(11-18)24(34)35-13-21(31)29-17-6-3-5-16(12-17)25(26,27)28/h2-7,11-12,14,19-20H,8-10,13H2,1H3,(H,29,31)/t14-,19-,20+/m1/s1. The van der Waals surface area contributed by atoms with Crippen LogP contribution in [-0.4, -0.2) is 30.3 Å². The summed E-state index contributed by atoms with van der Waals surface area (Å²) in [6, 6.07) is 9.88. The number of carbonyl (C=O) groups is 4. The lowest BCUT2D eigenvalue weighted by Crippen LogP contribution is -2.31. The highest BCUT2D eigenvalue weighted by Gasteiger charge is 2.50. The van der Waals surface area contributed by atoms with Gasteiger partial charge in [-0.3, -0.25) is 19.3 Å². The second-order valence-corrected chi connectivity index (χ2v) is 8.90. The summed E-state index contributed by atoms with van der Waals surface area (Å²) in [4.78, 5) is 51.5. The molecule has 1 N–H and O–H groups in total. The van der Waals surface area contributed by atoms with Gasteiger partial charge in [0.2, 0.25) is 11.8 Å². The molecule has 1 saturated heterocycles. The molecule has 3 atom stereocenters. The van der Waals surface area contributed by atoms with Crippen molar-refractivity contribution in [1.82, 2.24) is 0 Å². The van der Waals surface area contributed by atoms with Gasteiger partial charge in [-0.1, -0.05) is 19.1 Å². The summed E-state index contributed by atoms with van der Waals surface area (Å²) in [5.41, 5.74) is -0.739. The average Bonchev–Trinajstić information content (AvgIpc) is 3.06. The zero-order chi connectivity index (χ0) is 25.3. The number of nitrogens with one attached hydrogen (secondary N) is 1. The third kappa shape index (κ3) is 5.21.